The van der Waals surface area contributed by atoms with Crippen LogP contribution in [0.25, 0.3) is 16.9 Å². The molecule has 0 bridgehead atoms. The highest BCUT2D eigenvalue weighted by Crippen LogP contribution is 2.44. The van der Waals surface area contributed by atoms with Crippen molar-refractivity contribution in [3.8, 4) is 16.9 Å². The van der Waals surface area contributed by atoms with Crippen LogP contribution in [0.15, 0.2) is 58.3 Å². The van der Waals surface area contributed by atoms with E-state index in [0.717, 1.165) is 16.4 Å². The van der Waals surface area contributed by atoms with Gasteiger partial charge in [0.15, 0.2) is 5.78 Å². The fourth-order valence-electron chi connectivity index (χ4n) is 4.73. The lowest BCUT2D eigenvalue weighted by molar-refractivity contribution is -0.238. The Kier molecular flexibility index (Phi) is 7.88. The van der Waals surface area contributed by atoms with Gasteiger partial charge in [-0.15, -0.1) is 11.3 Å². The maximum absolute atomic E-state index is 13.3. The van der Waals surface area contributed by atoms with E-state index in [-0.39, 0.29) is 22.2 Å². The number of halogens is 2. The van der Waals surface area contributed by atoms with Crippen molar-refractivity contribution in [2.45, 2.75) is 45.3 Å². The number of thiazole rings is 1. The number of H-pyrrole nitrogens is 1. The Balaban J connectivity index is 1.55. The molecule has 0 aliphatic carbocycles. The first kappa shape index (κ1) is 30.3. The Bertz CT molecular complexity index is 1850. The van der Waals surface area contributed by atoms with Crippen molar-refractivity contribution >= 4 is 52.3 Å². The van der Waals surface area contributed by atoms with E-state index in [9.17, 15) is 24.0 Å². The van der Waals surface area contributed by atoms with Gasteiger partial charge in [-0.2, -0.15) is 9.78 Å². The number of Topliss-reactive ketones (excluding diaryl/α,β-unsaturated/α-hetero) is 1. The lowest BCUT2D eigenvalue weighted by Gasteiger charge is -2.32. The second-order valence-electron chi connectivity index (χ2n) is 10.7. The summed E-state index contributed by atoms with van der Waals surface area (Å²) in [6.45, 7) is 6.52. The van der Waals surface area contributed by atoms with Gasteiger partial charge < -0.3 is 9.47 Å². The number of carbonyl (C=O) groups excluding carboxylic acids is 3. The summed E-state index contributed by atoms with van der Waals surface area (Å²) in [7, 11) is 0. The van der Waals surface area contributed by atoms with E-state index < -0.39 is 46.1 Å². The zero-order valence-electron chi connectivity index (χ0n) is 23.3. The van der Waals surface area contributed by atoms with Crippen LogP contribution in [0, 0.1) is 5.92 Å². The molecule has 0 spiro atoms. The van der Waals surface area contributed by atoms with Crippen molar-refractivity contribution < 1.29 is 23.9 Å². The smallest absolute Gasteiger partial charge is 0.349 e. The predicted molar refractivity (Wildman–Crippen MR) is 159 cm³/mol. The number of nitrogens with zero attached hydrogens (tertiary/aromatic N) is 3. The van der Waals surface area contributed by atoms with Gasteiger partial charge in [-0.05, 0) is 26.0 Å². The van der Waals surface area contributed by atoms with Gasteiger partial charge in [0.2, 0.25) is 5.92 Å². The van der Waals surface area contributed by atoms with Crippen LogP contribution in [-0.4, -0.2) is 43.3 Å². The quantitative estimate of drug-likeness (QED) is 0.230. The maximum atomic E-state index is 13.3. The van der Waals surface area contributed by atoms with E-state index in [2.05, 4.69) is 10.1 Å². The average molecular weight is 644 g/mol. The summed E-state index contributed by atoms with van der Waals surface area (Å²) >= 11 is 14.7. The van der Waals surface area contributed by atoms with E-state index in [1.807, 2.05) is 44.2 Å². The Morgan fingerprint density at radius 1 is 1.05 bits per heavy atom. The Morgan fingerprint density at radius 3 is 2.23 bits per heavy atom. The minimum Gasteiger partial charge on any atom is -0.422 e. The summed E-state index contributed by atoms with van der Waals surface area (Å²) < 4.78 is 11.2. The van der Waals surface area contributed by atoms with Crippen LogP contribution >= 0.6 is 34.5 Å². The number of ketones is 1. The van der Waals surface area contributed by atoms with Gasteiger partial charge in [0, 0.05) is 51.7 Å². The monoisotopic (exact) mass is 642 g/mol. The zero-order chi connectivity index (χ0) is 31.3. The van der Waals surface area contributed by atoms with E-state index in [4.69, 9.17) is 37.7 Å². The molecule has 0 unspecified atom stereocenters. The Labute approximate surface area is 258 Å². The van der Waals surface area contributed by atoms with Crippen LogP contribution in [0.2, 0.25) is 10.0 Å². The molecule has 2 aromatic heterocycles. The van der Waals surface area contributed by atoms with Crippen molar-refractivity contribution in [2.24, 2.45) is 5.92 Å². The van der Waals surface area contributed by atoms with Gasteiger partial charge >= 0.3 is 17.6 Å². The topological polar surface area (TPSA) is 150 Å². The number of rotatable bonds is 7. The van der Waals surface area contributed by atoms with Crippen LogP contribution in [0.4, 0.5) is 0 Å². The fourth-order valence-corrected chi connectivity index (χ4v) is 6.88. The molecule has 0 saturated carbocycles. The number of nitrogens with one attached hydrogen (secondary N) is 1. The Hall–Kier alpha value is -4.13. The third-order valence-corrected chi connectivity index (χ3v) is 8.68. The van der Waals surface area contributed by atoms with Gasteiger partial charge in [0.25, 0.3) is 11.3 Å². The summed E-state index contributed by atoms with van der Waals surface area (Å²) in [5.74, 6) is -5.79. The molecule has 222 valence electrons. The lowest BCUT2D eigenvalue weighted by atomic mass is 9.85. The second-order valence-corrected chi connectivity index (χ2v) is 12.6. The molecule has 1 saturated heterocycles. The number of cyclic esters (lactones) is 2. The first-order chi connectivity index (χ1) is 20.2. The van der Waals surface area contributed by atoms with Crippen LogP contribution in [-0.2, 0) is 35.7 Å². The molecule has 0 amide bonds. The number of hydrogen-bond donors (Lipinski definition) is 1. The highest BCUT2D eigenvalue weighted by Gasteiger charge is 2.47. The molecule has 1 aliphatic heterocycles. The minimum atomic E-state index is -1.71. The average Bonchev–Trinajstić information content (AvgIpc) is 3.32. The number of benzene rings is 2. The molecule has 1 fully saturated rings. The summed E-state index contributed by atoms with van der Waals surface area (Å²) in [4.78, 5) is 69.7. The molecule has 11 nitrogen and oxygen atoms in total. The van der Waals surface area contributed by atoms with Crippen molar-refractivity contribution in [3.63, 3.8) is 0 Å². The molecule has 5 rings (SSSR count). The fraction of sp³-hybridized carbons (Fsp3) is 0.276. The van der Waals surface area contributed by atoms with E-state index >= 15 is 0 Å². The third-order valence-electron chi connectivity index (χ3n) is 6.71. The van der Waals surface area contributed by atoms with Crippen molar-refractivity contribution in [3.05, 3.63) is 95.0 Å². The van der Waals surface area contributed by atoms with Gasteiger partial charge in [0.1, 0.15) is 11.2 Å². The second kappa shape index (κ2) is 11.2. The highest BCUT2D eigenvalue weighted by molar-refractivity contribution is 7.12. The van der Waals surface area contributed by atoms with Crippen molar-refractivity contribution in [1.29, 1.82) is 0 Å². The van der Waals surface area contributed by atoms with E-state index in [1.165, 1.54) is 37.3 Å². The van der Waals surface area contributed by atoms with Gasteiger partial charge in [-0.1, -0.05) is 53.5 Å². The third kappa shape index (κ3) is 5.90. The van der Waals surface area contributed by atoms with E-state index in [1.54, 1.807) is 0 Å². The number of aromatic amines is 1. The van der Waals surface area contributed by atoms with Gasteiger partial charge in [-0.3, -0.25) is 24.2 Å². The number of hydrogen-bond acceptors (Lipinski definition) is 10. The number of ether oxygens (including phenoxy) is 2. The summed E-state index contributed by atoms with van der Waals surface area (Å²) in [6.07, 6.45) is 0.673. The molecule has 3 heterocycles. The zero-order valence-corrected chi connectivity index (χ0v) is 25.6. The SMILES string of the molecule is CC1(C)OC(=O)C(C(=O)Cc2sc(C(C)(C)c3c(Cl)cc(-n4ncc(=O)[nH]c4=O)cc3Cl)nc2-c2ccccc2)C(=O)O1. The summed E-state index contributed by atoms with van der Waals surface area (Å²) in [5, 5.41) is 4.80. The van der Waals surface area contributed by atoms with Crippen LogP contribution < -0.4 is 11.2 Å². The maximum Gasteiger partial charge on any atom is 0.349 e. The largest absolute Gasteiger partial charge is 0.422 e. The molecule has 0 atom stereocenters. The summed E-state index contributed by atoms with van der Waals surface area (Å²) in [5.41, 5.74) is -0.390. The molecular formula is C29H24Cl2N4O7S. The van der Waals surface area contributed by atoms with E-state index in [0.29, 0.717) is 21.1 Å². The van der Waals surface area contributed by atoms with Crippen LogP contribution in [0.3, 0.4) is 0 Å². The van der Waals surface area contributed by atoms with Crippen molar-refractivity contribution in [1.82, 2.24) is 19.7 Å². The number of carbonyl (C=O) groups is 3. The normalized spacial score (nSPS) is 15.2. The molecule has 2 aromatic carbocycles. The van der Waals surface area contributed by atoms with Crippen molar-refractivity contribution in [2.75, 3.05) is 0 Å². The standard InChI is InChI=1S/C29H24Cl2N4O7S/c1-28(2,22-16(30)10-15(11-17(22)31)35-27(40)33-20(37)13-32-35)26-34-23(14-8-6-5-7-9-14)19(43-26)12-18(36)21-24(38)41-29(3,4)42-25(21)39/h5-11,13,21H,12H2,1-4H3,(H,33,37,40). The molecule has 1 aliphatic rings. The molecule has 43 heavy (non-hydrogen) atoms. The number of esters is 2. The lowest BCUT2D eigenvalue weighted by Crippen LogP contribution is -2.49. The van der Waals surface area contributed by atoms with Crippen LogP contribution in [0.1, 0.15) is 43.1 Å². The number of aromatic nitrogens is 4. The Morgan fingerprint density at radius 2 is 1.65 bits per heavy atom. The molecular weight excluding hydrogens is 619 g/mol. The van der Waals surface area contributed by atoms with Gasteiger partial charge in [-0.25, -0.2) is 9.78 Å². The minimum absolute atomic E-state index is 0.205. The molecule has 4 aromatic rings. The van der Waals surface area contributed by atoms with Gasteiger partial charge in [0.05, 0.1) is 11.4 Å². The summed E-state index contributed by atoms with van der Waals surface area (Å²) in [6, 6.07) is 12.1. The molecule has 14 heteroatoms. The first-order valence-corrected chi connectivity index (χ1v) is 14.5. The predicted octanol–water partition coefficient (Wildman–Crippen LogP) is 4.24. The molecule has 1 N–H and O–H groups in total. The molecule has 0 radical (unpaired) electrons. The van der Waals surface area contributed by atoms with Crippen LogP contribution in [0.5, 0.6) is 0 Å². The first-order valence-electron chi connectivity index (χ1n) is 12.9. The highest BCUT2D eigenvalue weighted by atomic mass is 35.5.